The Balaban J connectivity index is 1.35. The van der Waals surface area contributed by atoms with Crippen molar-refractivity contribution in [2.45, 2.75) is 38.0 Å². The molecule has 0 bridgehead atoms. The number of piperazine rings is 1. The number of carbonyl (C=O) groups is 3. The molecule has 4 rings (SSSR count). The molecular formula is C25H28N2O6. The number of benzene rings is 2. The van der Waals surface area contributed by atoms with Crippen LogP contribution in [0, 0.1) is 0 Å². The maximum Gasteiger partial charge on any atom is 0.308 e. The molecule has 2 aromatic rings. The van der Waals surface area contributed by atoms with Gasteiger partial charge in [-0.15, -0.1) is 0 Å². The molecule has 2 aromatic carbocycles. The van der Waals surface area contributed by atoms with E-state index in [9.17, 15) is 14.4 Å². The molecule has 2 fully saturated rings. The molecule has 0 radical (unpaired) electrons. The summed E-state index contributed by atoms with van der Waals surface area (Å²) in [6.45, 7) is 2.02. The van der Waals surface area contributed by atoms with E-state index in [0.717, 1.165) is 25.0 Å². The molecule has 0 saturated carbocycles. The summed E-state index contributed by atoms with van der Waals surface area (Å²) in [6.07, 6.45) is 1.95. The first kappa shape index (κ1) is 22.8. The Hall–Kier alpha value is -3.39. The van der Waals surface area contributed by atoms with Gasteiger partial charge in [0.15, 0.2) is 0 Å². The Bertz CT molecular complexity index is 957. The number of esters is 1. The molecular weight excluding hydrogens is 424 g/mol. The van der Waals surface area contributed by atoms with Crippen LogP contribution in [0.2, 0.25) is 0 Å². The molecule has 2 aliphatic heterocycles. The normalized spacial score (nSPS) is 20.2. The molecule has 2 aliphatic rings. The predicted molar refractivity (Wildman–Crippen MR) is 120 cm³/mol. The number of carbonyl (C=O) groups excluding carboxylic acids is 3. The van der Waals surface area contributed by atoms with Crippen molar-refractivity contribution in [3.05, 3.63) is 65.7 Å². The number of hydrogen-bond donors (Lipinski definition) is 1. The molecule has 2 amide bonds. The fourth-order valence-electron chi connectivity index (χ4n) is 3.94. The molecule has 0 aliphatic carbocycles. The molecule has 2 heterocycles. The highest BCUT2D eigenvalue weighted by atomic mass is 16.5. The van der Waals surface area contributed by atoms with Crippen molar-refractivity contribution in [2.24, 2.45) is 0 Å². The molecule has 0 aromatic heterocycles. The van der Waals surface area contributed by atoms with Crippen LogP contribution in [-0.2, 0) is 25.7 Å². The lowest BCUT2D eigenvalue weighted by molar-refractivity contribution is -0.148. The van der Waals surface area contributed by atoms with Gasteiger partial charge in [0.05, 0.1) is 12.5 Å². The third-order valence-corrected chi connectivity index (χ3v) is 5.76. The maximum atomic E-state index is 13.1. The van der Waals surface area contributed by atoms with E-state index in [1.807, 2.05) is 30.3 Å². The van der Waals surface area contributed by atoms with Crippen LogP contribution >= 0.6 is 0 Å². The predicted octanol–water partition coefficient (Wildman–Crippen LogP) is 2.32. The van der Waals surface area contributed by atoms with Gasteiger partial charge in [-0.25, -0.2) is 0 Å². The van der Waals surface area contributed by atoms with Gasteiger partial charge < -0.3 is 24.4 Å². The molecule has 2 atom stereocenters. The standard InChI is InChI=1S/C25H28N2O6/c28-23(33-16-18-5-2-1-3-6-18)15-22-24(29)26-12-13-27(22)25(30)19-8-10-20(11-9-19)32-17-21-7-4-14-31-21/h1-3,5-6,8-11,21-22H,4,7,12-17H2,(H,26,29). The monoisotopic (exact) mass is 452 g/mol. The van der Waals surface area contributed by atoms with E-state index in [1.165, 1.54) is 4.90 Å². The van der Waals surface area contributed by atoms with Gasteiger partial charge in [-0.1, -0.05) is 30.3 Å². The summed E-state index contributed by atoms with van der Waals surface area (Å²) in [7, 11) is 0. The van der Waals surface area contributed by atoms with Crippen LogP contribution in [0.5, 0.6) is 5.75 Å². The highest BCUT2D eigenvalue weighted by Gasteiger charge is 2.35. The highest BCUT2D eigenvalue weighted by Crippen LogP contribution is 2.19. The van der Waals surface area contributed by atoms with Crippen LogP contribution < -0.4 is 10.1 Å². The summed E-state index contributed by atoms with van der Waals surface area (Å²) in [5, 5.41) is 2.73. The van der Waals surface area contributed by atoms with E-state index in [0.29, 0.717) is 31.0 Å². The van der Waals surface area contributed by atoms with Crippen LogP contribution in [-0.4, -0.2) is 61.1 Å². The minimum Gasteiger partial charge on any atom is -0.491 e. The number of hydrogen-bond acceptors (Lipinski definition) is 6. The van der Waals surface area contributed by atoms with Crippen molar-refractivity contribution in [2.75, 3.05) is 26.3 Å². The Morgan fingerprint density at radius 3 is 2.61 bits per heavy atom. The van der Waals surface area contributed by atoms with E-state index in [1.54, 1.807) is 24.3 Å². The summed E-state index contributed by atoms with van der Waals surface area (Å²) in [5.74, 6) is -0.546. The maximum absolute atomic E-state index is 13.1. The molecule has 2 saturated heterocycles. The van der Waals surface area contributed by atoms with Crippen molar-refractivity contribution in [1.82, 2.24) is 10.2 Å². The van der Waals surface area contributed by atoms with Crippen LogP contribution in [0.3, 0.4) is 0 Å². The highest BCUT2D eigenvalue weighted by molar-refractivity contribution is 5.99. The topological polar surface area (TPSA) is 94.2 Å². The summed E-state index contributed by atoms with van der Waals surface area (Å²) >= 11 is 0. The molecule has 33 heavy (non-hydrogen) atoms. The van der Waals surface area contributed by atoms with E-state index in [-0.39, 0.29) is 30.9 Å². The van der Waals surface area contributed by atoms with Crippen LogP contribution in [0.1, 0.15) is 35.2 Å². The van der Waals surface area contributed by atoms with Gasteiger partial charge >= 0.3 is 5.97 Å². The number of ether oxygens (including phenoxy) is 3. The second-order valence-electron chi connectivity index (χ2n) is 8.13. The molecule has 2 unspecified atom stereocenters. The zero-order chi connectivity index (χ0) is 23.0. The van der Waals surface area contributed by atoms with Gasteiger partial charge in [-0.05, 0) is 42.7 Å². The fraction of sp³-hybridized carbons (Fsp3) is 0.400. The smallest absolute Gasteiger partial charge is 0.308 e. The van der Waals surface area contributed by atoms with Gasteiger partial charge in [0, 0.05) is 25.3 Å². The second kappa shape index (κ2) is 11.0. The average Bonchev–Trinajstić information content (AvgIpc) is 3.37. The summed E-state index contributed by atoms with van der Waals surface area (Å²) < 4.78 is 16.6. The average molecular weight is 453 g/mol. The van der Waals surface area contributed by atoms with Crippen molar-refractivity contribution in [1.29, 1.82) is 0 Å². The minimum absolute atomic E-state index is 0.112. The third-order valence-electron chi connectivity index (χ3n) is 5.76. The number of amides is 2. The zero-order valence-electron chi connectivity index (χ0n) is 18.4. The summed E-state index contributed by atoms with van der Waals surface area (Å²) in [6, 6.07) is 15.2. The molecule has 0 spiro atoms. The van der Waals surface area contributed by atoms with Crippen LogP contribution in [0.4, 0.5) is 0 Å². The largest absolute Gasteiger partial charge is 0.491 e. The minimum atomic E-state index is -0.912. The lowest BCUT2D eigenvalue weighted by Crippen LogP contribution is -2.57. The lowest BCUT2D eigenvalue weighted by atomic mass is 10.1. The zero-order valence-corrected chi connectivity index (χ0v) is 18.4. The van der Waals surface area contributed by atoms with Gasteiger partial charge in [-0.2, -0.15) is 0 Å². The molecule has 8 nitrogen and oxygen atoms in total. The number of nitrogens with one attached hydrogen (secondary N) is 1. The van der Waals surface area contributed by atoms with Gasteiger partial charge in [0.2, 0.25) is 5.91 Å². The van der Waals surface area contributed by atoms with Crippen molar-refractivity contribution in [3.63, 3.8) is 0 Å². The SMILES string of the molecule is O=C(CC1C(=O)NCCN1C(=O)c1ccc(OCC2CCCO2)cc1)OCc1ccccc1. The van der Waals surface area contributed by atoms with Crippen LogP contribution in [0.15, 0.2) is 54.6 Å². The van der Waals surface area contributed by atoms with Gasteiger partial charge in [-0.3, -0.25) is 14.4 Å². The fourth-order valence-corrected chi connectivity index (χ4v) is 3.94. The number of nitrogens with zero attached hydrogens (tertiary/aromatic N) is 1. The van der Waals surface area contributed by atoms with E-state index in [4.69, 9.17) is 14.2 Å². The van der Waals surface area contributed by atoms with Crippen LogP contribution in [0.25, 0.3) is 0 Å². The van der Waals surface area contributed by atoms with Gasteiger partial charge in [0.1, 0.15) is 25.0 Å². The van der Waals surface area contributed by atoms with E-state index in [2.05, 4.69) is 5.32 Å². The number of rotatable bonds is 8. The van der Waals surface area contributed by atoms with Crippen molar-refractivity contribution in [3.8, 4) is 5.75 Å². The molecule has 1 N–H and O–H groups in total. The Labute approximate surface area is 192 Å². The Morgan fingerprint density at radius 2 is 1.88 bits per heavy atom. The first-order valence-corrected chi connectivity index (χ1v) is 11.2. The van der Waals surface area contributed by atoms with E-state index < -0.39 is 12.0 Å². The summed E-state index contributed by atoms with van der Waals surface area (Å²) in [4.78, 5) is 39.4. The quantitative estimate of drug-likeness (QED) is 0.618. The molecule has 8 heteroatoms. The lowest BCUT2D eigenvalue weighted by Gasteiger charge is -2.34. The Morgan fingerprint density at radius 1 is 1.09 bits per heavy atom. The second-order valence-corrected chi connectivity index (χ2v) is 8.13. The molecule has 174 valence electrons. The summed E-state index contributed by atoms with van der Waals surface area (Å²) in [5.41, 5.74) is 1.28. The van der Waals surface area contributed by atoms with Gasteiger partial charge in [0.25, 0.3) is 5.91 Å². The van der Waals surface area contributed by atoms with E-state index >= 15 is 0 Å². The third kappa shape index (κ3) is 6.10. The van der Waals surface area contributed by atoms with Crippen molar-refractivity contribution >= 4 is 17.8 Å². The first-order chi connectivity index (χ1) is 16.1. The first-order valence-electron chi connectivity index (χ1n) is 11.2. The Kier molecular flexibility index (Phi) is 7.57. The van der Waals surface area contributed by atoms with Crippen molar-refractivity contribution < 1.29 is 28.6 Å².